The van der Waals surface area contributed by atoms with Crippen LogP contribution in [0.5, 0.6) is 0 Å². The predicted molar refractivity (Wildman–Crippen MR) is 122 cm³/mol. The molecule has 5 nitrogen and oxygen atoms in total. The largest absolute Gasteiger partial charge is 0.368 e. The molecule has 2 amide bonds. The second-order valence-electron chi connectivity index (χ2n) is 10.1. The number of nitrogens with zero attached hydrogens (tertiary/aromatic N) is 2. The first-order chi connectivity index (χ1) is 14.4. The Hall–Kier alpha value is -1.56. The second kappa shape index (κ2) is 7.85. The van der Waals surface area contributed by atoms with Crippen LogP contribution >= 0.6 is 15.9 Å². The molecule has 4 bridgehead atoms. The number of carbonyl (C=O) groups excluding carboxylic acids is 2. The number of alkyl halides is 1. The van der Waals surface area contributed by atoms with Crippen molar-refractivity contribution in [2.75, 3.05) is 37.6 Å². The Bertz CT molecular complexity index is 792. The highest BCUT2D eigenvalue weighted by molar-refractivity contribution is 9.10. The Labute approximate surface area is 187 Å². The molecule has 162 valence electrons. The minimum absolute atomic E-state index is 0.158. The predicted octanol–water partition coefficient (Wildman–Crippen LogP) is 3.58. The summed E-state index contributed by atoms with van der Waals surface area (Å²) < 4.78 is 0.183. The fourth-order valence-electron chi connectivity index (χ4n) is 6.90. The number of piperazine rings is 1. The monoisotopic (exact) mass is 473 g/mol. The average Bonchev–Trinajstić information content (AvgIpc) is 2.72. The lowest BCUT2D eigenvalue weighted by atomic mass is 9.49. The van der Waals surface area contributed by atoms with Gasteiger partial charge in [0, 0.05) is 49.2 Å². The van der Waals surface area contributed by atoms with Gasteiger partial charge in [-0.15, -0.1) is 0 Å². The van der Waals surface area contributed by atoms with Crippen LogP contribution in [-0.2, 0) is 9.59 Å². The minimum atomic E-state index is -0.196. The first-order valence-electron chi connectivity index (χ1n) is 11.5. The van der Waals surface area contributed by atoms with E-state index >= 15 is 0 Å². The molecular weight excluding hydrogens is 442 g/mol. The first-order valence-corrected chi connectivity index (χ1v) is 12.3. The molecule has 2 unspecified atom stereocenters. The van der Waals surface area contributed by atoms with Gasteiger partial charge in [-0.25, -0.2) is 0 Å². The van der Waals surface area contributed by atoms with E-state index in [1.807, 2.05) is 11.0 Å². The Morgan fingerprint density at radius 1 is 1.00 bits per heavy atom. The molecule has 6 heteroatoms. The van der Waals surface area contributed by atoms with Gasteiger partial charge < -0.3 is 15.1 Å². The van der Waals surface area contributed by atoms with Crippen LogP contribution in [0.25, 0.3) is 0 Å². The number of amides is 2. The van der Waals surface area contributed by atoms with E-state index in [-0.39, 0.29) is 21.6 Å². The zero-order valence-electron chi connectivity index (χ0n) is 17.6. The summed E-state index contributed by atoms with van der Waals surface area (Å²) in [5.41, 5.74) is 1.02. The van der Waals surface area contributed by atoms with Crippen molar-refractivity contribution >= 4 is 33.4 Å². The smallest absolute Gasteiger partial charge is 0.226 e. The molecular formula is C24H32BrN3O2. The van der Waals surface area contributed by atoms with Crippen molar-refractivity contribution in [1.82, 2.24) is 10.2 Å². The normalized spacial score (nSPS) is 34.8. The fourth-order valence-corrected chi connectivity index (χ4v) is 8.35. The van der Waals surface area contributed by atoms with E-state index < -0.39 is 0 Å². The van der Waals surface area contributed by atoms with Crippen molar-refractivity contribution in [2.45, 2.75) is 49.3 Å². The second-order valence-corrected chi connectivity index (χ2v) is 11.8. The molecule has 4 saturated carbocycles. The highest BCUT2D eigenvalue weighted by Crippen LogP contribution is 2.64. The standard InChI is InChI=1S/C24H32BrN3O2/c25-24-15-18-12-19(16-24)14-23(13-18,17-24)22(30)26-7-6-21(29)28-10-8-27(9-11-28)20-4-2-1-3-5-20/h1-5,18-19H,6-17H2,(H,26,30). The summed E-state index contributed by atoms with van der Waals surface area (Å²) in [5.74, 6) is 1.74. The van der Waals surface area contributed by atoms with Crippen LogP contribution in [0.3, 0.4) is 0 Å². The van der Waals surface area contributed by atoms with Crippen LogP contribution in [0.1, 0.15) is 44.9 Å². The summed E-state index contributed by atoms with van der Waals surface area (Å²) in [5, 5.41) is 3.14. The Morgan fingerprint density at radius 3 is 2.30 bits per heavy atom. The van der Waals surface area contributed by atoms with Gasteiger partial charge in [-0.2, -0.15) is 0 Å². The number of nitrogens with one attached hydrogen (secondary N) is 1. The zero-order valence-corrected chi connectivity index (χ0v) is 19.2. The molecule has 1 N–H and O–H groups in total. The number of rotatable bonds is 5. The van der Waals surface area contributed by atoms with Crippen LogP contribution in [0, 0.1) is 17.3 Å². The average molecular weight is 474 g/mol. The Balaban J connectivity index is 1.09. The maximum absolute atomic E-state index is 13.1. The minimum Gasteiger partial charge on any atom is -0.368 e. The molecule has 4 aliphatic carbocycles. The molecule has 0 aromatic heterocycles. The van der Waals surface area contributed by atoms with Crippen LogP contribution < -0.4 is 10.2 Å². The molecule has 5 fully saturated rings. The van der Waals surface area contributed by atoms with Gasteiger partial charge in [-0.05, 0) is 62.5 Å². The van der Waals surface area contributed by atoms with Gasteiger partial charge in [-0.1, -0.05) is 34.1 Å². The zero-order chi connectivity index (χ0) is 20.8. The van der Waals surface area contributed by atoms with E-state index in [0.717, 1.165) is 45.4 Å². The lowest BCUT2D eigenvalue weighted by molar-refractivity contribution is -0.144. The van der Waals surface area contributed by atoms with Crippen LogP contribution in [0.15, 0.2) is 30.3 Å². The quantitative estimate of drug-likeness (QED) is 0.664. The number of benzene rings is 1. The first kappa shape index (κ1) is 20.3. The number of hydrogen-bond acceptors (Lipinski definition) is 3. The highest BCUT2D eigenvalue weighted by Gasteiger charge is 2.59. The van der Waals surface area contributed by atoms with Crippen molar-refractivity contribution < 1.29 is 9.59 Å². The summed E-state index contributed by atoms with van der Waals surface area (Å²) in [7, 11) is 0. The molecule has 1 aromatic rings. The number of anilines is 1. The van der Waals surface area contributed by atoms with Crippen molar-refractivity contribution in [3.63, 3.8) is 0 Å². The summed E-state index contributed by atoms with van der Waals surface area (Å²) in [6.07, 6.45) is 7.21. The molecule has 2 atom stereocenters. The maximum atomic E-state index is 13.1. The summed E-state index contributed by atoms with van der Waals surface area (Å²) >= 11 is 3.98. The number of para-hydroxylation sites is 1. The highest BCUT2D eigenvalue weighted by atomic mass is 79.9. The van der Waals surface area contributed by atoms with Gasteiger partial charge in [0.2, 0.25) is 11.8 Å². The van der Waals surface area contributed by atoms with Gasteiger partial charge in [0.05, 0.1) is 5.41 Å². The van der Waals surface area contributed by atoms with Gasteiger partial charge in [0.25, 0.3) is 0 Å². The molecule has 30 heavy (non-hydrogen) atoms. The third kappa shape index (κ3) is 3.88. The van der Waals surface area contributed by atoms with Gasteiger partial charge in [0.1, 0.15) is 0 Å². The van der Waals surface area contributed by atoms with Crippen molar-refractivity contribution in [2.24, 2.45) is 17.3 Å². The van der Waals surface area contributed by atoms with Crippen molar-refractivity contribution in [3.8, 4) is 0 Å². The molecule has 0 radical (unpaired) electrons. The summed E-state index contributed by atoms with van der Waals surface area (Å²) in [6.45, 7) is 3.69. The van der Waals surface area contributed by atoms with E-state index in [1.165, 1.54) is 24.9 Å². The molecule has 0 spiro atoms. The fraction of sp³-hybridized carbons (Fsp3) is 0.667. The molecule has 5 aliphatic rings. The maximum Gasteiger partial charge on any atom is 0.226 e. The lowest BCUT2D eigenvalue weighted by Crippen LogP contribution is -2.58. The third-order valence-corrected chi connectivity index (χ3v) is 8.78. The molecule has 1 aliphatic heterocycles. The number of halogens is 1. The van der Waals surface area contributed by atoms with Crippen molar-refractivity contribution in [1.29, 1.82) is 0 Å². The summed E-state index contributed by atoms with van der Waals surface area (Å²) in [4.78, 5) is 30.1. The SMILES string of the molecule is O=C(CCNC(=O)C12CC3CC(CC(Br)(C3)C1)C2)N1CCN(c2ccccc2)CC1. The topological polar surface area (TPSA) is 52.7 Å². The molecule has 1 heterocycles. The summed E-state index contributed by atoms with van der Waals surface area (Å²) in [6, 6.07) is 10.4. The van der Waals surface area contributed by atoms with Crippen LogP contribution in [-0.4, -0.2) is 53.8 Å². The van der Waals surface area contributed by atoms with Crippen molar-refractivity contribution in [3.05, 3.63) is 30.3 Å². The van der Waals surface area contributed by atoms with E-state index in [9.17, 15) is 9.59 Å². The lowest BCUT2D eigenvalue weighted by Gasteiger charge is -2.59. The van der Waals surface area contributed by atoms with Gasteiger partial charge >= 0.3 is 0 Å². The Morgan fingerprint density at radius 2 is 1.67 bits per heavy atom. The van der Waals surface area contributed by atoms with E-state index in [0.29, 0.717) is 24.8 Å². The van der Waals surface area contributed by atoms with Gasteiger partial charge in [-0.3, -0.25) is 9.59 Å². The number of carbonyl (C=O) groups is 2. The van der Waals surface area contributed by atoms with E-state index in [4.69, 9.17) is 0 Å². The third-order valence-electron chi connectivity index (χ3n) is 7.85. The number of hydrogen-bond donors (Lipinski definition) is 1. The molecule has 1 saturated heterocycles. The Kier molecular flexibility index (Phi) is 5.32. The molecule has 1 aromatic carbocycles. The molecule has 6 rings (SSSR count). The van der Waals surface area contributed by atoms with E-state index in [2.05, 4.69) is 50.4 Å². The van der Waals surface area contributed by atoms with E-state index in [1.54, 1.807) is 0 Å². The van der Waals surface area contributed by atoms with Gasteiger partial charge in [0.15, 0.2) is 0 Å². The van der Waals surface area contributed by atoms with Crippen LogP contribution in [0.4, 0.5) is 5.69 Å². The van der Waals surface area contributed by atoms with Crippen LogP contribution in [0.2, 0.25) is 0 Å².